The van der Waals surface area contributed by atoms with E-state index in [2.05, 4.69) is 12.2 Å². The predicted octanol–water partition coefficient (Wildman–Crippen LogP) is 1.16. The van der Waals surface area contributed by atoms with Crippen LogP contribution in [0.1, 0.15) is 39.0 Å². The van der Waals surface area contributed by atoms with Crippen molar-refractivity contribution >= 4 is 12.4 Å². The summed E-state index contributed by atoms with van der Waals surface area (Å²) in [5.41, 5.74) is -0.993. The second-order valence-corrected chi connectivity index (χ2v) is 4.00. The molecule has 1 aliphatic carbocycles. The summed E-state index contributed by atoms with van der Waals surface area (Å²) in [7, 11) is 0. The van der Waals surface area contributed by atoms with Crippen LogP contribution in [-0.4, -0.2) is 23.0 Å². The summed E-state index contributed by atoms with van der Waals surface area (Å²) in [4.78, 5) is 21.4. The molecule has 0 atom stereocenters. The zero-order chi connectivity index (χ0) is 10.6. The number of rotatable bonds is 4. The van der Waals surface area contributed by atoms with Crippen LogP contribution in [0.2, 0.25) is 0 Å². The summed E-state index contributed by atoms with van der Waals surface area (Å²) >= 11 is 0. The zero-order valence-electron chi connectivity index (χ0n) is 8.45. The van der Waals surface area contributed by atoms with Crippen LogP contribution in [0.4, 0.5) is 0 Å². The molecule has 0 aromatic rings. The number of nitrogens with one attached hydrogen (secondary N) is 1. The van der Waals surface area contributed by atoms with Gasteiger partial charge >= 0.3 is 5.97 Å². The minimum Gasteiger partial charge on any atom is -0.480 e. The van der Waals surface area contributed by atoms with Gasteiger partial charge in [0.25, 0.3) is 0 Å². The van der Waals surface area contributed by atoms with Gasteiger partial charge in [0, 0.05) is 0 Å². The van der Waals surface area contributed by atoms with Gasteiger partial charge in [0.15, 0.2) is 0 Å². The Balaban J connectivity index is 2.64. The van der Waals surface area contributed by atoms with Crippen LogP contribution in [0.15, 0.2) is 0 Å². The Kier molecular flexibility index (Phi) is 3.49. The van der Waals surface area contributed by atoms with E-state index in [-0.39, 0.29) is 0 Å². The minimum atomic E-state index is -0.993. The van der Waals surface area contributed by atoms with E-state index in [1.165, 1.54) is 0 Å². The van der Waals surface area contributed by atoms with E-state index in [1.54, 1.807) is 0 Å². The molecule has 0 aliphatic heterocycles. The van der Waals surface area contributed by atoms with Crippen molar-refractivity contribution in [2.45, 2.75) is 44.6 Å². The maximum absolute atomic E-state index is 11.0. The monoisotopic (exact) mass is 199 g/mol. The van der Waals surface area contributed by atoms with E-state index in [9.17, 15) is 9.59 Å². The lowest BCUT2D eigenvalue weighted by atomic mass is 9.76. The molecule has 14 heavy (non-hydrogen) atoms. The standard InChI is InChI=1S/C10H17NO3/c1-2-8-3-5-10(6-4-8,9(13)14)11-7-12/h7-8H,2-6H2,1H3,(H,11,12)(H,13,14). The van der Waals surface area contributed by atoms with Gasteiger partial charge in [-0.3, -0.25) is 4.79 Å². The van der Waals surface area contributed by atoms with Crippen molar-refractivity contribution in [1.29, 1.82) is 0 Å². The maximum Gasteiger partial charge on any atom is 0.329 e. The van der Waals surface area contributed by atoms with Gasteiger partial charge in [-0.15, -0.1) is 0 Å². The van der Waals surface area contributed by atoms with Crippen molar-refractivity contribution in [2.24, 2.45) is 5.92 Å². The predicted molar refractivity (Wildman–Crippen MR) is 51.8 cm³/mol. The molecule has 1 saturated carbocycles. The van der Waals surface area contributed by atoms with Gasteiger partial charge in [0.2, 0.25) is 6.41 Å². The lowest BCUT2D eigenvalue weighted by molar-refractivity contribution is -0.148. The van der Waals surface area contributed by atoms with Gasteiger partial charge in [-0.05, 0) is 31.6 Å². The molecule has 0 bridgehead atoms. The molecule has 0 aromatic carbocycles. The average Bonchev–Trinajstić information content (AvgIpc) is 2.19. The Morgan fingerprint density at radius 2 is 2.14 bits per heavy atom. The molecular weight excluding hydrogens is 182 g/mol. The van der Waals surface area contributed by atoms with Crippen molar-refractivity contribution in [3.63, 3.8) is 0 Å². The molecule has 80 valence electrons. The van der Waals surface area contributed by atoms with Crippen LogP contribution < -0.4 is 5.32 Å². The Labute approximate surface area is 83.7 Å². The highest BCUT2D eigenvalue weighted by molar-refractivity contribution is 5.81. The third-order valence-corrected chi connectivity index (χ3v) is 3.28. The number of carbonyl (C=O) groups excluding carboxylic acids is 1. The van der Waals surface area contributed by atoms with Crippen molar-refractivity contribution < 1.29 is 14.7 Å². The molecule has 1 amide bonds. The summed E-state index contributed by atoms with van der Waals surface area (Å²) in [6, 6.07) is 0. The molecule has 0 radical (unpaired) electrons. The molecule has 1 fully saturated rings. The fraction of sp³-hybridized carbons (Fsp3) is 0.800. The number of carboxylic acid groups (broad SMARTS) is 1. The third kappa shape index (κ3) is 2.05. The van der Waals surface area contributed by atoms with Crippen LogP contribution in [0, 0.1) is 5.92 Å². The number of amides is 1. The molecule has 0 aromatic heterocycles. The Hall–Kier alpha value is -1.06. The van der Waals surface area contributed by atoms with E-state index < -0.39 is 11.5 Å². The smallest absolute Gasteiger partial charge is 0.329 e. The molecule has 4 heteroatoms. The molecule has 0 spiro atoms. The number of hydrogen-bond acceptors (Lipinski definition) is 2. The molecule has 2 N–H and O–H groups in total. The summed E-state index contributed by atoms with van der Waals surface area (Å²) in [6.07, 6.45) is 4.49. The first-order chi connectivity index (χ1) is 6.64. The molecule has 0 saturated heterocycles. The topological polar surface area (TPSA) is 66.4 Å². The summed E-state index contributed by atoms with van der Waals surface area (Å²) < 4.78 is 0. The van der Waals surface area contributed by atoms with Crippen molar-refractivity contribution in [3.8, 4) is 0 Å². The summed E-state index contributed by atoms with van der Waals surface area (Å²) in [6.45, 7) is 2.12. The normalized spacial score (nSPS) is 32.2. The van der Waals surface area contributed by atoms with Crippen LogP contribution in [0.3, 0.4) is 0 Å². The minimum absolute atomic E-state index is 0.500. The second-order valence-electron chi connectivity index (χ2n) is 4.00. The molecule has 0 unspecified atom stereocenters. The number of hydrogen-bond donors (Lipinski definition) is 2. The summed E-state index contributed by atoms with van der Waals surface area (Å²) in [5.74, 6) is -0.282. The molecule has 1 aliphatic rings. The van der Waals surface area contributed by atoms with Crippen molar-refractivity contribution in [1.82, 2.24) is 5.32 Å². The number of carboxylic acids is 1. The van der Waals surface area contributed by atoms with Gasteiger partial charge < -0.3 is 10.4 Å². The van der Waals surface area contributed by atoms with Crippen LogP contribution >= 0.6 is 0 Å². The van der Waals surface area contributed by atoms with Crippen LogP contribution in [-0.2, 0) is 9.59 Å². The number of aliphatic carboxylic acids is 1. The van der Waals surface area contributed by atoms with E-state index >= 15 is 0 Å². The first-order valence-corrected chi connectivity index (χ1v) is 5.09. The van der Waals surface area contributed by atoms with Gasteiger partial charge in [-0.25, -0.2) is 4.79 Å². The van der Waals surface area contributed by atoms with Gasteiger partial charge in [0.05, 0.1) is 0 Å². The quantitative estimate of drug-likeness (QED) is 0.667. The van der Waals surface area contributed by atoms with Gasteiger partial charge in [0.1, 0.15) is 5.54 Å². The first kappa shape index (κ1) is 11.0. The fourth-order valence-corrected chi connectivity index (χ4v) is 2.11. The first-order valence-electron chi connectivity index (χ1n) is 5.09. The highest BCUT2D eigenvalue weighted by Gasteiger charge is 2.41. The fourth-order valence-electron chi connectivity index (χ4n) is 2.11. The molecular formula is C10H17NO3. The lowest BCUT2D eigenvalue weighted by Crippen LogP contribution is -2.53. The van der Waals surface area contributed by atoms with Gasteiger partial charge in [-0.1, -0.05) is 13.3 Å². The Morgan fingerprint density at radius 3 is 2.50 bits per heavy atom. The highest BCUT2D eigenvalue weighted by Crippen LogP contribution is 2.33. The molecule has 4 nitrogen and oxygen atoms in total. The van der Waals surface area contributed by atoms with E-state index in [1.807, 2.05) is 0 Å². The lowest BCUT2D eigenvalue weighted by Gasteiger charge is -2.35. The molecule has 1 rings (SSSR count). The third-order valence-electron chi connectivity index (χ3n) is 3.28. The maximum atomic E-state index is 11.0. The van der Waals surface area contributed by atoms with E-state index in [0.717, 1.165) is 19.3 Å². The number of carbonyl (C=O) groups is 2. The van der Waals surface area contributed by atoms with Crippen LogP contribution in [0.25, 0.3) is 0 Å². The SMILES string of the molecule is CCC1CCC(NC=O)(C(=O)O)CC1. The van der Waals surface area contributed by atoms with Crippen molar-refractivity contribution in [2.75, 3.05) is 0 Å². The molecule has 0 heterocycles. The second kappa shape index (κ2) is 4.44. The average molecular weight is 199 g/mol. The van der Waals surface area contributed by atoms with Crippen molar-refractivity contribution in [3.05, 3.63) is 0 Å². The van der Waals surface area contributed by atoms with E-state index in [0.29, 0.717) is 25.2 Å². The van der Waals surface area contributed by atoms with Gasteiger partial charge in [-0.2, -0.15) is 0 Å². The Bertz CT molecular complexity index is 219. The highest BCUT2D eigenvalue weighted by atomic mass is 16.4. The Morgan fingerprint density at radius 1 is 1.57 bits per heavy atom. The largest absolute Gasteiger partial charge is 0.480 e. The summed E-state index contributed by atoms with van der Waals surface area (Å²) in [5, 5.41) is 11.5. The zero-order valence-corrected chi connectivity index (χ0v) is 8.45. The van der Waals surface area contributed by atoms with Crippen LogP contribution in [0.5, 0.6) is 0 Å². The van der Waals surface area contributed by atoms with E-state index in [4.69, 9.17) is 5.11 Å².